The standard InChI is InChI=1S/C18H18N2O7S.Na.H/c1-10(21)26-7-11-9-28-17-14(16(23)20(17)15(11)18(24)25)19-13(22)8-27-12-5-3-2-4-6-12;;/h2-6,14,17H,7-9H2,1H3,(H,19,22)(H,24,25);;/t14?,17-;;/m1../s1. The molecule has 2 amide bonds. The third kappa shape index (κ3) is 5.33. The number of nitrogens with one attached hydrogen (secondary N) is 1. The Hall–Kier alpha value is -2.01. The summed E-state index contributed by atoms with van der Waals surface area (Å²) in [5.41, 5.74) is 0.149. The van der Waals surface area contributed by atoms with Crippen molar-refractivity contribution in [2.24, 2.45) is 0 Å². The fraction of sp³-hybridized carbons (Fsp3) is 0.333. The molecule has 0 spiro atoms. The fourth-order valence-corrected chi connectivity index (χ4v) is 4.19. The number of ether oxygens (including phenoxy) is 2. The SMILES string of the molecule is CC(=O)OCC1=C(C(=O)O)N2C(=O)C(NC(=O)COc3ccccc3)[C@H]2SC1.[NaH]. The first-order valence-corrected chi connectivity index (χ1v) is 9.44. The normalized spacial score (nSPS) is 20.0. The van der Waals surface area contributed by atoms with E-state index in [0.29, 0.717) is 11.3 Å². The number of hydrogen-bond donors (Lipinski definition) is 2. The van der Waals surface area contributed by atoms with Crippen LogP contribution in [0.25, 0.3) is 0 Å². The molecule has 3 rings (SSSR count). The number of aliphatic carboxylic acids is 1. The molecule has 1 saturated heterocycles. The molecule has 29 heavy (non-hydrogen) atoms. The number of carboxylic acids is 1. The van der Waals surface area contributed by atoms with E-state index in [2.05, 4.69) is 5.32 Å². The first kappa shape index (κ1) is 23.3. The molecule has 2 aliphatic rings. The number of nitrogens with zero attached hydrogens (tertiary/aromatic N) is 1. The number of esters is 1. The van der Waals surface area contributed by atoms with E-state index in [9.17, 15) is 24.3 Å². The quantitative estimate of drug-likeness (QED) is 0.344. The van der Waals surface area contributed by atoms with E-state index < -0.39 is 35.2 Å². The van der Waals surface area contributed by atoms with Gasteiger partial charge < -0.3 is 19.9 Å². The number of β-lactam (4-membered cyclic amide) rings is 1. The second kappa shape index (κ2) is 10.1. The molecule has 0 radical (unpaired) electrons. The number of fused-ring (bicyclic) bond motifs is 1. The first-order chi connectivity index (χ1) is 13.4. The maximum atomic E-state index is 12.5. The third-order valence-corrected chi connectivity index (χ3v) is 5.47. The van der Waals surface area contributed by atoms with Gasteiger partial charge in [-0.2, -0.15) is 0 Å². The molecule has 1 aromatic carbocycles. The molecule has 150 valence electrons. The van der Waals surface area contributed by atoms with Crippen LogP contribution in [0.4, 0.5) is 0 Å². The number of rotatable bonds is 7. The van der Waals surface area contributed by atoms with E-state index in [1.165, 1.54) is 18.7 Å². The van der Waals surface area contributed by atoms with Crippen molar-refractivity contribution in [2.75, 3.05) is 19.0 Å². The summed E-state index contributed by atoms with van der Waals surface area (Å²) >= 11 is 1.30. The van der Waals surface area contributed by atoms with Crippen molar-refractivity contribution in [3.05, 3.63) is 41.6 Å². The van der Waals surface area contributed by atoms with Crippen molar-refractivity contribution >= 4 is 65.1 Å². The van der Waals surface area contributed by atoms with E-state index in [0.717, 1.165) is 4.90 Å². The van der Waals surface area contributed by atoms with Crippen LogP contribution in [0.2, 0.25) is 0 Å². The minimum atomic E-state index is -1.28. The molecule has 1 unspecified atom stereocenters. The van der Waals surface area contributed by atoms with Gasteiger partial charge in [-0.25, -0.2) is 4.79 Å². The fourth-order valence-electron chi connectivity index (χ4n) is 2.86. The molecule has 9 nitrogen and oxygen atoms in total. The summed E-state index contributed by atoms with van der Waals surface area (Å²) in [4.78, 5) is 48.3. The zero-order valence-electron chi connectivity index (χ0n) is 14.9. The Morgan fingerprint density at radius 3 is 2.59 bits per heavy atom. The van der Waals surface area contributed by atoms with Crippen LogP contribution in [-0.2, 0) is 23.9 Å². The van der Waals surface area contributed by atoms with E-state index in [1.807, 2.05) is 6.07 Å². The molecule has 2 aliphatic heterocycles. The molecule has 11 heteroatoms. The number of thioether (sulfide) groups is 1. The summed E-state index contributed by atoms with van der Waals surface area (Å²) in [6, 6.07) is 7.93. The van der Waals surface area contributed by atoms with Gasteiger partial charge in [-0.05, 0) is 12.1 Å². The number of hydrogen-bond acceptors (Lipinski definition) is 7. The first-order valence-electron chi connectivity index (χ1n) is 8.39. The van der Waals surface area contributed by atoms with E-state index in [4.69, 9.17) is 9.47 Å². The Morgan fingerprint density at radius 2 is 1.97 bits per heavy atom. The Morgan fingerprint density at radius 1 is 1.28 bits per heavy atom. The second-order valence-electron chi connectivity index (χ2n) is 6.09. The molecule has 2 heterocycles. The van der Waals surface area contributed by atoms with Gasteiger partial charge in [-0.15, -0.1) is 11.8 Å². The van der Waals surface area contributed by atoms with Gasteiger partial charge in [0.15, 0.2) is 6.61 Å². The molecular formula is C18H19N2NaO7S. The zero-order chi connectivity index (χ0) is 20.3. The van der Waals surface area contributed by atoms with Crippen molar-refractivity contribution in [3.63, 3.8) is 0 Å². The van der Waals surface area contributed by atoms with Gasteiger partial charge >= 0.3 is 41.5 Å². The second-order valence-corrected chi connectivity index (χ2v) is 7.20. The van der Waals surface area contributed by atoms with Gasteiger partial charge in [0, 0.05) is 18.2 Å². The van der Waals surface area contributed by atoms with Gasteiger partial charge in [0.1, 0.15) is 29.5 Å². The molecule has 2 atom stereocenters. The monoisotopic (exact) mass is 430 g/mol. The number of carbonyl (C=O) groups excluding carboxylic acids is 3. The molecule has 0 bridgehead atoms. The van der Waals surface area contributed by atoms with Crippen LogP contribution in [0.3, 0.4) is 0 Å². The van der Waals surface area contributed by atoms with E-state index >= 15 is 0 Å². The average molecular weight is 430 g/mol. The topological polar surface area (TPSA) is 122 Å². The Kier molecular flexibility index (Phi) is 8.14. The Labute approximate surface area is 193 Å². The summed E-state index contributed by atoms with van der Waals surface area (Å²) in [6.07, 6.45) is 0. The van der Waals surface area contributed by atoms with Crippen LogP contribution >= 0.6 is 11.8 Å². The molecule has 0 aromatic heterocycles. The van der Waals surface area contributed by atoms with Crippen molar-refractivity contribution in [1.82, 2.24) is 10.2 Å². The number of amides is 2. The van der Waals surface area contributed by atoms with Crippen LogP contribution in [0.5, 0.6) is 5.75 Å². The molecule has 1 fully saturated rings. The number of para-hydroxylation sites is 1. The predicted octanol–water partition coefficient (Wildman–Crippen LogP) is -0.281. The summed E-state index contributed by atoms with van der Waals surface area (Å²) < 4.78 is 10.2. The maximum absolute atomic E-state index is 12.5. The third-order valence-electron chi connectivity index (χ3n) is 4.13. The van der Waals surface area contributed by atoms with Gasteiger partial charge in [0.05, 0.1) is 0 Å². The molecule has 2 N–H and O–H groups in total. The number of benzene rings is 1. The number of carbonyl (C=O) groups is 4. The van der Waals surface area contributed by atoms with Crippen molar-refractivity contribution < 1.29 is 33.8 Å². The zero-order valence-corrected chi connectivity index (χ0v) is 15.7. The summed E-state index contributed by atoms with van der Waals surface area (Å²) in [5.74, 6) is -2.02. The molecule has 0 aliphatic carbocycles. The molecule has 0 saturated carbocycles. The Balaban J connectivity index is 0.00000300. The van der Waals surface area contributed by atoms with Crippen LogP contribution in [0, 0.1) is 0 Å². The van der Waals surface area contributed by atoms with Crippen LogP contribution in [0.15, 0.2) is 41.6 Å². The van der Waals surface area contributed by atoms with Crippen molar-refractivity contribution in [1.29, 1.82) is 0 Å². The molecule has 1 aromatic rings. The summed E-state index contributed by atoms with van der Waals surface area (Å²) in [7, 11) is 0. The van der Waals surface area contributed by atoms with Crippen LogP contribution < -0.4 is 10.1 Å². The summed E-state index contributed by atoms with van der Waals surface area (Å²) in [6.45, 7) is 0.768. The average Bonchev–Trinajstić information content (AvgIpc) is 2.68. The van der Waals surface area contributed by atoms with Crippen molar-refractivity contribution in [3.8, 4) is 5.75 Å². The van der Waals surface area contributed by atoms with Crippen molar-refractivity contribution in [2.45, 2.75) is 18.3 Å². The number of carboxylic acid groups (broad SMARTS) is 1. The minimum absolute atomic E-state index is 0. The Bertz CT molecular complexity index is 846. The molecular weight excluding hydrogens is 411 g/mol. The van der Waals surface area contributed by atoms with Gasteiger partial charge in [-0.1, -0.05) is 18.2 Å². The van der Waals surface area contributed by atoms with Gasteiger partial charge in [0.2, 0.25) is 0 Å². The van der Waals surface area contributed by atoms with Gasteiger partial charge in [0.25, 0.3) is 11.8 Å². The van der Waals surface area contributed by atoms with E-state index in [1.54, 1.807) is 24.3 Å². The van der Waals surface area contributed by atoms with Gasteiger partial charge in [-0.3, -0.25) is 19.3 Å². The van der Waals surface area contributed by atoms with Crippen LogP contribution in [-0.4, -0.2) is 93.7 Å². The summed E-state index contributed by atoms with van der Waals surface area (Å²) in [5, 5.41) is 11.5. The van der Waals surface area contributed by atoms with E-state index in [-0.39, 0.29) is 54.2 Å². The predicted molar refractivity (Wildman–Crippen MR) is 105 cm³/mol. The van der Waals surface area contributed by atoms with Crippen LogP contribution in [0.1, 0.15) is 6.92 Å².